The van der Waals surface area contributed by atoms with E-state index in [4.69, 9.17) is 9.47 Å². The van der Waals surface area contributed by atoms with E-state index in [1.165, 1.54) is 37.7 Å². The van der Waals surface area contributed by atoms with Gasteiger partial charge in [0, 0.05) is 23.7 Å². The van der Waals surface area contributed by atoms with Gasteiger partial charge in [-0.05, 0) is 49.0 Å². The van der Waals surface area contributed by atoms with Gasteiger partial charge in [-0.3, -0.25) is 9.69 Å². The lowest BCUT2D eigenvalue weighted by Crippen LogP contribution is -2.41. The van der Waals surface area contributed by atoms with Crippen LogP contribution in [0.3, 0.4) is 0 Å². The van der Waals surface area contributed by atoms with E-state index in [1.54, 1.807) is 0 Å². The fourth-order valence-electron chi connectivity index (χ4n) is 5.08. The molecule has 5 rings (SSSR count). The highest BCUT2D eigenvalue weighted by Gasteiger charge is 2.34. The third-order valence-corrected chi connectivity index (χ3v) is 6.96. The van der Waals surface area contributed by atoms with Crippen molar-refractivity contribution in [2.75, 3.05) is 6.73 Å². The fourth-order valence-corrected chi connectivity index (χ4v) is 5.08. The molecule has 2 aromatic carbocycles. The Bertz CT molecular complexity index is 1030. The van der Waals surface area contributed by atoms with Crippen LogP contribution in [0.25, 0.3) is 6.08 Å². The molecule has 0 spiro atoms. The maximum atomic E-state index is 13.1. The zero-order valence-electron chi connectivity index (χ0n) is 18.7. The second-order valence-electron chi connectivity index (χ2n) is 9.44. The summed E-state index contributed by atoms with van der Waals surface area (Å²) in [4.78, 5) is 15.6. The number of ketones is 1. The summed E-state index contributed by atoms with van der Waals surface area (Å²) < 4.78 is 12.2. The minimum Gasteiger partial charge on any atom is -0.477 e. The van der Waals surface area contributed by atoms with Crippen molar-refractivity contribution in [2.45, 2.75) is 71.4 Å². The Morgan fingerprint density at radius 1 is 1.06 bits per heavy atom. The Labute approximate surface area is 184 Å². The van der Waals surface area contributed by atoms with E-state index in [0.717, 1.165) is 29.0 Å². The van der Waals surface area contributed by atoms with E-state index in [0.29, 0.717) is 35.8 Å². The maximum absolute atomic E-state index is 13.1. The first-order chi connectivity index (χ1) is 15.0. The number of benzene rings is 2. The summed E-state index contributed by atoms with van der Waals surface area (Å²) >= 11 is 0. The van der Waals surface area contributed by atoms with Crippen molar-refractivity contribution in [1.29, 1.82) is 0 Å². The van der Waals surface area contributed by atoms with Crippen LogP contribution < -0.4 is 9.47 Å². The molecule has 0 aromatic heterocycles. The summed E-state index contributed by atoms with van der Waals surface area (Å²) in [5.74, 6) is 2.38. The molecular formula is C27H31NO3. The first-order valence-corrected chi connectivity index (χ1v) is 11.6. The lowest BCUT2D eigenvalue weighted by Gasteiger charge is -2.37. The molecule has 162 valence electrons. The molecule has 1 fully saturated rings. The Morgan fingerprint density at radius 2 is 1.81 bits per heavy atom. The Kier molecular flexibility index (Phi) is 5.35. The smallest absolute Gasteiger partial charge is 0.231 e. The maximum Gasteiger partial charge on any atom is 0.231 e. The molecule has 0 atom stereocenters. The summed E-state index contributed by atoms with van der Waals surface area (Å²) in [6, 6.07) is 10.9. The summed E-state index contributed by atoms with van der Waals surface area (Å²) in [6.07, 6.45) is 8.28. The number of hydrogen-bond acceptors (Lipinski definition) is 4. The molecule has 0 saturated heterocycles. The first kappa shape index (κ1) is 20.3. The third kappa shape index (κ3) is 3.78. The predicted molar refractivity (Wildman–Crippen MR) is 123 cm³/mol. The molecule has 4 heteroatoms. The highest BCUT2D eigenvalue weighted by Crippen LogP contribution is 2.43. The Balaban J connectivity index is 1.41. The second-order valence-corrected chi connectivity index (χ2v) is 9.44. The van der Waals surface area contributed by atoms with E-state index in [1.807, 2.05) is 31.2 Å². The molecule has 2 aliphatic heterocycles. The highest BCUT2D eigenvalue weighted by atomic mass is 16.5. The van der Waals surface area contributed by atoms with Gasteiger partial charge < -0.3 is 9.47 Å². The lowest BCUT2D eigenvalue weighted by molar-refractivity contribution is 0.0397. The highest BCUT2D eigenvalue weighted by molar-refractivity contribution is 6.15. The van der Waals surface area contributed by atoms with Crippen LogP contribution in [-0.4, -0.2) is 23.5 Å². The van der Waals surface area contributed by atoms with Gasteiger partial charge in [0.25, 0.3) is 0 Å². The number of hydrogen-bond donors (Lipinski definition) is 0. The van der Waals surface area contributed by atoms with Crippen LogP contribution in [0.1, 0.15) is 84.5 Å². The molecule has 0 radical (unpaired) electrons. The molecule has 3 aliphatic rings. The zero-order chi connectivity index (χ0) is 21.5. The molecule has 0 N–H and O–H groups in total. The van der Waals surface area contributed by atoms with E-state index < -0.39 is 0 Å². The summed E-state index contributed by atoms with van der Waals surface area (Å²) in [5.41, 5.74) is 4.96. The monoisotopic (exact) mass is 417 g/mol. The standard InChI is InChI=1S/C27H31NO3/c1-17(2)20-11-9-19(10-12-20)13-24-25(29)23-14-21-15-28(22-7-5-4-6-8-22)16-30-26(21)18(3)27(23)31-24/h9-14,17,22H,4-8,15-16H2,1-3H3/b24-13-. The van der Waals surface area contributed by atoms with Crippen molar-refractivity contribution in [3.05, 3.63) is 63.9 Å². The summed E-state index contributed by atoms with van der Waals surface area (Å²) in [5, 5.41) is 0. The summed E-state index contributed by atoms with van der Waals surface area (Å²) in [7, 11) is 0. The number of carbonyl (C=O) groups excluding carboxylic acids is 1. The molecule has 1 saturated carbocycles. The number of rotatable bonds is 3. The van der Waals surface area contributed by atoms with Crippen LogP contribution in [0, 0.1) is 6.92 Å². The van der Waals surface area contributed by atoms with E-state index in [9.17, 15) is 4.79 Å². The van der Waals surface area contributed by atoms with Crippen molar-refractivity contribution in [3.63, 3.8) is 0 Å². The van der Waals surface area contributed by atoms with Crippen LogP contribution in [0.4, 0.5) is 0 Å². The van der Waals surface area contributed by atoms with Gasteiger partial charge in [0.2, 0.25) is 5.78 Å². The van der Waals surface area contributed by atoms with E-state index >= 15 is 0 Å². The Morgan fingerprint density at radius 3 is 2.52 bits per heavy atom. The number of carbonyl (C=O) groups is 1. The number of ether oxygens (including phenoxy) is 2. The third-order valence-electron chi connectivity index (χ3n) is 6.96. The number of Topliss-reactive ketones (excluding diaryl/α,β-unsaturated/α-hetero) is 1. The van der Waals surface area contributed by atoms with Gasteiger partial charge in [-0.25, -0.2) is 0 Å². The minimum absolute atomic E-state index is 0.0383. The topological polar surface area (TPSA) is 38.8 Å². The minimum atomic E-state index is -0.0383. The second kappa shape index (κ2) is 8.16. The molecule has 1 aliphatic carbocycles. The van der Waals surface area contributed by atoms with Gasteiger partial charge in [0.15, 0.2) is 5.76 Å². The van der Waals surface area contributed by atoms with Gasteiger partial charge in [-0.1, -0.05) is 57.4 Å². The van der Waals surface area contributed by atoms with Crippen molar-refractivity contribution >= 4 is 11.9 Å². The van der Waals surface area contributed by atoms with E-state index in [2.05, 4.69) is 30.9 Å². The molecule has 0 bridgehead atoms. The fraction of sp³-hybridized carbons (Fsp3) is 0.444. The van der Waals surface area contributed by atoms with Crippen LogP contribution in [-0.2, 0) is 6.54 Å². The number of fused-ring (bicyclic) bond motifs is 2. The number of nitrogens with zero attached hydrogens (tertiary/aromatic N) is 1. The van der Waals surface area contributed by atoms with Gasteiger partial charge in [-0.15, -0.1) is 0 Å². The van der Waals surface area contributed by atoms with Gasteiger partial charge in [0.05, 0.1) is 5.56 Å². The average Bonchev–Trinajstić information content (AvgIpc) is 3.10. The van der Waals surface area contributed by atoms with Gasteiger partial charge in [0.1, 0.15) is 18.2 Å². The van der Waals surface area contributed by atoms with E-state index in [-0.39, 0.29) is 5.78 Å². The van der Waals surface area contributed by atoms with Gasteiger partial charge >= 0.3 is 0 Å². The molecule has 0 unspecified atom stereocenters. The van der Waals surface area contributed by atoms with Crippen LogP contribution >= 0.6 is 0 Å². The SMILES string of the molecule is Cc1c2c(cc3c1O/C(=C\c1ccc(C(C)C)cc1)C3=O)CN(C1CCCCC1)CO2. The molecule has 4 nitrogen and oxygen atoms in total. The molecule has 2 aromatic rings. The molecule has 2 heterocycles. The quantitative estimate of drug-likeness (QED) is 0.556. The number of allylic oxidation sites excluding steroid dienone is 1. The lowest BCUT2D eigenvalue weighted by atomic mass is 9.93. The van der Waals surface area contributed by atoms with Crippen LogP contribution in [0.5, 0.6) is 11.5 Å². The predicted octanol–water partition coefficient (Wildman–Crippen LogP) is 6.22. The Hall–Kier alpha value is -2.59. The largest absolute Gasteiger partial charge is 0.477 e. The normalized spacial score (nSPS) is 20.5. The molecule has 0 amide bonds. The van der Waals surface area contributed by atoms with Crippen molar-refractivity contribution < 1.29 is 14.3 Å². The first-order valence-electron chi connectivity index (χ1n) is 11.6. The zero-order valence-corrected chi connectivity index (χ0v) is 18.7. The average molecular weight is 418 g/mol. The molecular weight excluding hydrogens is 386 g/mol. The van der Waals surface area contributed by atoms with Crippen molar-refractivity contribution in [1.82, 2.24) is 4.90 Å². The molecule has 31 heavy (non-hydrogen) atoms. The van der Waals surface area contributed by atoms with Crippen molar-refractivity contribution in [2.24, 2.45) is 0 Å². The van der Waals surface area contributed by atoms with Crippen LogP contribution in [0.2, 0.25) is 0 Å². The van der Waals surface area contributed by atoms with Crippen molar-refractivity contribution in [3.8, 4) is 11.5 Å². The van der Waals surface area contributed by atoms with Crippen LogP contribution in [0.15, 0.2) is 36.1 Å². The summed E-state index contributed by atoms with van der Waals surface area (Å²) in [6.45, 7) is 7.82. The van der Waals surface area contributed by atoms with Gasteiger partial charge in [-0.2, -0.15) is 0 Å².